The van der Waals surface area contributed by atoms with Crippen LogP contribution in [-0.2, 0) is 10.0 Å². The maximum Gasteiger partial charge on any atom is 0.387 e. The van der Waals surface area contributed by atoms with Crippen LogP contribution in [0.2, 0.25) is 5.02 Å². The van der Waals surface area contributed by atoms with Gasteiger partial charge in [0.2, 0.25) is 0 Å². The number of alkyl halides is 2. The van der Waals surface area contributed by atoms with Crippen LogP contribution < -0.4 is 14.2 Å². The summed E-state index contributed by atoms with van der Waals surface area (Å²) in [5.74, 6) is 0.0340. The molecule has 0 bridgehead atoms. The minimum atomic E-state index is -3.99. The Kier molecular flexibility index (Phi) is 5.51. The van der Waals surface area contributed by atoms with Gasteiger partial charge in [-0.05, 0) is 42.8 Å². The van der Waals surface area contributed by atoms with Crippen molar-refractivity contribution in [2.75, 3.05) is 11.8 Å². The molecule has 0 fully saturated rings. The molecule has 0 unspecified atom stereocenters. The molecule has 24 heavy (non-hydrogen) atoms. The number of benzene rings is 2. The first-order valence-corrected chi connectivity index (χ1v) is 8.51. The van der Waals surface area contributed by atoms with E-state index in [2.05, 4.69) is 9.46 Å². The Morgan fingerprint density at radius 2 is 1.79 bits per heavy atom. The van der Waals surface area contributed by atoms with Gasteiger partial charge in [-0.1, -0.05) is 17.7 Å². The van der Waals surface area contributed by atoms with E-state index in [1.54, 1.807) is 25.1 Å². The summed E-state index contributed by atoms with van der Waals surface area (Å²) in [4.78, 5) is -0.197. The Morgan fingerprint density at radius 3 is 2.38 bits per heavy atom. The molecule has 2 aromatic carbocycles. The molecule has 0 aliphatic rings. The summed E-state index contributed by atoms with van der Waals surface area (Å²) < 4.78 is 61.0. The van der Waals surface area contributed by atoms with Crippen LogP contribution in [-0.4, -0.2) is 22.1 Å². The monoisotopic (exact) mass is 377 g/mol. The number of rotatable bonds is 6. The van der Waals surface area contributed by atoms with Gasteiger partial charge in [0.05, 0.1) is 22.7 Å². The van der Waals surface area contributed by atoms with Crippen molar-refractivity contribution in [3.05, 3.63) is 47.0 Å². The Labute approximate surface area is 143 Å². The average Bonchev–Trinajstić information content (AvgIpc) is 2.48. The summed E-state index contributed by atoms with van der Waals surface area (Å²) in [5.41, 5.74) is 1.08. The van der Waals surface area contributed by atoms with E-state index in [1.165, 1.54) is 7.11 Å². The van der Waals surface area contributed by atoms with Gasteiger partial charge in [-0.25, -0.2) is 8.42 Å². The molecule has 2 aromatic rings. The van der Waals surface area contributed by atoms with Crippen molar-refractivity contribution in [3.8, 4) is 11.5 Å². The lowest BCUT2D eigenvalue weighted by molar-refractivity contribution is -0.0498. The third kappa shape index (κ3) is 4.27. The summed E-state index contributed by atoms with van der Waals surface area (Å²) in [7, 11) is -2.58. The van der Waals surface area contributed by atoms with Crippen LogP contribution in [0.4, 0.5) is 14.5 Å². The predicted molar refractivity (Wildman–Crippen MR) is 86.6 cm³/mol. The van der Waals surface area contributed by atoms with Gasteiger partial charge in [-0.15, -0.1) is 0 Å². The molecular weight excluding hydrogens is 364 g/mol. The topological polar surface area (TPSA) is 64.6 Å². The normalized spacial score (nSPS) is 11.4. The van der Waals surface area contributed by atoms with Gasteiger partial charge >= 0.3 is 6.61 Å². The van der Waals surface area contributed by atoms with Gasteiger partial charge in [0.25, 0.3) is 10.0 Å². The third-order valence-corrected chi connectivity index (χ3v) is 4.69. The number of halogens is 3. The molecule has 0 saturated heterocycles. The van der Waals surface area contributed by atoms with E-state index in [4.69, 9.17) is 16.3 Å². The van der Waals surface area contributed by atoms with Gasteiger partial charge in [0.15, 0.2) is 0 Å². The second-order valence-electron chi connectivity index (χ2n) is 4.78. The molecule has 5 nitrogen and oxygen atoms in total. The Morgan fingerprint density at radius 1 is 1.12 bits per heavy atom. The summed E-state index contributed by atoms with van der Waals surface area (Å²) in [6.07, 6.45) is 0. The molecule has 0 spiro atoms. The fourth-order valence-corrected chi connectivity index (χ4v) is 3.32. The van der Waals surface area contributed by atoms with Crippen LogP contribution in [0, 0.1) is 6.92 Å². The molecule has 1 N–H and O–H groups in total. The van der Waals surface area contributed by atoms with Crippen LogP contribution in [0.5, 0.6) is 11.5 Å². The van der Waals surface area contributed by atoms with Crippen LogP contribution >= 0.6 is 11.6 Å². The molecule has 0 heterocycles. The second-order valence-corrected chi connectivity index (χ2v) is 6.87. The van der Waals surface area contributed by atoms with E-state index >= 15 is 0 Å². The molecule has 0 radical (unpaired) electrons. The number of hydrogen-bond acceptors (Lipinski definition) is 4. The van der Waals surface area contributed by atoms with Crippen LogP contribution in [0.1, 0.15) is 5.56 Å². The van der Waals surface area contributed by atoms with E-state index < -0.39 is 16.6 Å². The van der Waals surface area contributed by atoms with E-state index in [-0.39, 0.29) is 21.4 Å². The summed E-state index contributed by atoms with van der Waals surface area (Å²) in [6, 6.07) is 8.21. The first-order valence-electron chi connectivity index (χ1n) is 6.65. The standard InChI is InChI=1S/C15H14ClF2NO4S/c1-9-3-5-14(22-2)12(7-9)19-24(20,21)10-4-6-13(11(16)8-10)23-15(17)18/h3-8,15,19H,1-2H3. The van der Waals surface area contributed by atoms with Crippen LogP contribution in [0.15, 0.2) is 41.3 Å². The van der Waals surface area contributed by atoms with E-state index in [0.29, 0.717) is 5.75 Å². The van der Waals surface area contributed by atoms with Crippen molar-refractivity contribution in [1.82, 2.24) is 0 Å². The highest BCUT2D eigenvalue weighted by molar-refractivity contribution is 7.92. The number of aryl methyl sites for hydroxylation is 1. The zero-order valence-corrected chi connectivity index (χ0v) is 14.3. The van der Waals surface area contributed by atoms with Crippen LogP contribution in [0.3, 0.4) is 0 Å². The fraction of sp³-hybridized carbons (Fsp3) is 0.200. The second kappa shape index (κ2) is 7.23. The van der Waals surface area contributed by atoms with Crippen molar-refractivity contribution < 1.29 is 26.7 Å². The Bertz CT molecular complexity index is 843. The lowest BCUT2D eigenvalue weighted by atomic mass is 10.2. The average molecular weight is 378 g/mol. The molecule has 0 aromatic heterocycles. The molecule has 130 valence electrons. The highest BCUT2D eigenvalue weighted by Gasteiger charge is 2.19. The number of methoxy groups -OCH3 is 1. The first-order chi connectivity index (χ1) is 11.2. The Hall–Kier alpha value is -2.06. The van der Waals surface area contributed by atoms with E-state index in [9.17, 15) is 17.2 Å². The first kappa shape index (κ1) is 18.3. The lowest BCUT2D eigenvalue weighted by Gasteiger charge is -2.13. The smallest absolute Gasteiger partial charge is 0.387 e. The van der Waals surface area contributed by atoms with Crippen molar-refractivity contribution in [2.24, 2.45) is 0 Å². The predicted octanol–water partition coefficient (Wildman–Crippen LogP) is 4.06. The number of nitrogens with one attached hydrogen (secondary N) is 1. The van der Waals surface area contributed by atoms with Gasteiger partial charge in [-0.2, -0.15) is 8.78 Å². The highest BCUT2D eigenvalue weighted by Crippen LogP contribution is 2.31. The van der Waals surface area contributed by atoms with E-state index in [0.717, 1.165) is 23.8 Å². The molecule has 0 atom stereocenters. The highest BCUT2D eigenvalue weighted by atomic mass is 35.5. The minimum absolute atomic E-state index is 0.197. The molecule has 0 aliphatic heterocycles. The fourth-order valence-electron chi connectivity index (χ4n) is 1.95. The number of anilines is 1. The van der Waals surface area contributed by atoms with E-state index in [1.807, 2.05) is 0 Å². The van der Waals surface area contributed by atoms with Gasteiger partial charge in [0.1, 0.15) is 11.5 Å². The molecule has 0 saturated carbocycles. The molecule has 0 aliphatic carbocycles. The third-order valence-electron chi connectivity index (χ3n) is 3.03. The van der Waals surface area contributed by atoms with Gasteiger partial charge in [0, 0.05) is 0 Å². The van der Waals surface area contributed by atoms with Crippen molar-refractivity contribution >= 4 is 27.3 Å². The zero-order chi connectivity index (χ0) is 17.9. The molecule has 9 heteroatoms. The SMILES string of the molecule is COc1ccc(C)cc1NS(=O)(=O)c1ccc(OC(F)F)c(Cl)c1. The molecular formula is C15H14ClF2NO4S. The van der Waals surface area contributed by atoms with Gasteiger partial charge in [-0.3, -0.25) is 4.72 Å². The number of sulfonamides is 1. The minimum Gasteiger partial charge on any atom is -0.495 e. The molecule has 2 rings (SSSR count). The van der Waals surface area contributed by atoms with Crippen LogP contribution in [0.25, 0.3) is 0 Å². The van der Waals surface area contributed by atoms with Crippen molar-refractivity contribution in [2.45, 2.75) is 18.4 Å². The summed E-state index contributed by atoms with van der Waals surface area (Å²) >= 11 is 5.79. The maximum absolute atomic E-state index is 12.5. The molecule has 0 amide bonds. The van der Waals surface area contributed by atoms with Gasteiger partial charge < -0.3 is 9.47 Å². The Balaban J connectivity index is 2.34. The van der Waals surface area contributed by atoms with Crippen molar-refractivity contribution in [3.63, 3.8) is 0 Å². The zero-order valence-electron chi connectivity index (χ0n) is 12.7. The number of ether oxygens (including phenoxy) is 2. The number of hydrogen-bond donors (Lipinski definition) is 1. The van der Waals surface area contributed by atoms with Crippen molar-refractivity contribution in [1.29, 1.82) is 0 Å². The summed E-state index contributed by atoms with van der Waals surface area (Å²) in [6.45, 7) is -1.26. The largest absolute Gasteiger partial charge is 0.495 e. The maximum atomic E-state index is 12.5. The summed E-state index contributed by atoms with van der Waals surface area (Å²) in [5, 5.41) is -0.241. The lowest BCUT2D eigenvalue weighted by Crippen LogP contribution is -2.14. The quantitative estimate of drug-likeness (QED) is 0.824.